The van der Waals surface area contributed by atoms with Crippen LogP contribution < -0.4 is 42.6 Å². The molecule has 0 radical (unpaired) electrons. The van der Waals surface area contributed by atoms with Gasteiger partial charge < -0.3 is 28.8 Å². The lowest BCUT2D eigenvalue weighted by Gasteiger charge is -2.18. The molecule has 0 spiro atoms. The summed E-state index contributed by atoms with van der Waals surface area (Å²) in [7, 11) is -5.38. The Balaban J connectivity index is 0.000000219. The quantitative estimate of drug-likeness (QED) is 0.0419. The van der Waals surface area contributed by atoms with Gasteiger partial charge in [0.25, 0.3) is 5.88 Å². The molecular weight excluding hydrogens is 1020 g/mol. The molecule has 0 unspecified atom stereocenters. The molecule has 0 fully saturated rings. The monoisotopic (exact) mass is 1080 g/mol. The summed E-state index contributed by atoms with van der Waals surface area (Å²) < 4.78 is 90.8. The summed E-state index contributed by atoms with van der Waals surface area (Å²) in [6, 6.07) is 34.5. The van der Waals surface area contributed by atoms with Gasteiger partial charge in [-0.25, -0.2) is 24.4 Å². The predicted octanol–water partition coefficient (Wildman–Crippen LogP) is 10.5. The first-order chi connectivity index (χ1) is 36.0. The molecule has 23 heteroatoms. The van der Waals surface area contributed by atoms with Crippen molar-refractivity contribution >= 4 is 55.0 Å². The van der Waals surface area contributed by atoms with Gasteiger partial charge in [0.05, 0.1) is 32.2 Å². The van der Waals surface area contributed by atoms with Gasteiger partial charge in [-0.3, -0.25) is 19.4 Å². The second-order valence-electron chi connectivity index (χ2n) is 16.6. The van der Waals surface area contributed by atoms with Gasteiger partial charge in [0, 0.05) is 35.9 Å². The van der Waals surface area contributed by atoms with Crippen molar-refractivity contribution in [3.8, 4) is 63.2 Å². The van der Waals surface area contributed by atoms with Gasteiger partial charge >= 0.3 is 20.4 Å². The molecule has 5 N–H and O–H groups in total. The van der Waals surface area contributed by atoms with Crippen LogP contribution in [0, 0.1) is 0 Å². The average Bonchev–Trinajstić information content (AvgIpc) is 3.40. The second-order valence-corrected chi connectivity index (χ2v) is 19.8. The number of rotatable bonds is 21. The topological polar surface area (TPSA) is 260 Å². The second kappa shape index (κ2) is 25.1. The minimum Gasteiger partial charge on any atom is -0.493 e. The molecule has 0 saturated carbocycles. The van der Waals surface area contributed by atoms with E-state index in [-0.39, 0.29) is 64.8 Å². The molecule has 4 heterocycles. The first-order valence-electron chi connectivity index (χ1n) is 23.0. The number of ether oxygens (including phenoxy) is 5. The largest absolute Gasteiger partial charge is 0.493 e. The maximum atomic E-state index is 13.2. The van der Waals surface area contributed by atoms with Crippen molar-refractivity contribution in [1.82, 2.24) is 29.9 Å². The van der Waals surface area contributed by atoms with Crippen LogP contribution in [-0.4, -0.2) is 79.3 Å². The van der Waals surface area contributed by atoms with Crippen LogP contribution in [0.15, 0.2) is 146 Å². The Morgan fingerprint density at radius 1 is 0.520 bits per heavy atom. The van der Waals surface area contributed by atoms with Crippen molar-refractivity contribution in [3.63, 3.8) is 0 Å². The summed E-state index contributed by atoms with van der Waals surface area (Å²) in [4.78, 5) is 25.6. The molecule has 75 heavy (non-hydrogen) atoms. The SMILES string of the molecule is COc1ccccc1Oc1c(Cl)nc(-c2ccncc2)nc1NS(=O)(=O)Nc1ccc(C(C)C)cc1.COc1ccccc1Oc1c(NS(=O)(=O)Nc2ccc(C(C)C)cc2)nc(-c2ccncc2)nc1OCCO. The van der Waals surface area contributed by atoms with E-state index in [0.29, 0.717) is 51.6 Å². The minimum absolute atomic E-state index is 0.0838. The van der Waals surface area contributed by atoms with Crippen LogP contribution in [0.5, 0.6) is 40.4 Å². The van der Waals surface area contributed by atoms with Crippen LogP contribution in [0.4, 0.5) is 23.0 Å². The van der Waals surface area contributed by atoms with Crippen LogP contribution in [0.2, 0.25) is 5.15 Å². The number of methoxy groups -OCH3 is 2. The zero-order chi connectivity index (χ0) is 53.5. The average molecular weight is 1080 g/mol. The fourth-order valence-corrected chi connectivity index (χ4v) is 8.78. The number of anilines is 4. The lowest BCUT2D eigenvalue weighted by atomic mass is 10.0. The Kier molecular flexibility index (Phi) is 18.2. The van der Waals surface area contributed by atoms with Crippen molar-refractivity contribution in [2.45, 2.75) is 39.5 Å². The Bertz CT molecular complexity index is 3400. The van der Waals surface area contributed by atoms with E-state index >= 15 is 0 Å². The fourth-order valence-electron chi connectivity index (χ4n) is 6.79. The van der Waals surface area contributed by atoms with E-state index in [2.05, 4.69) is 76.5 Å². The van der Waals surface area contributed by atoms with E-state index in [0.717, 1.165) is 11.1 Å². The molecular formula is C52H53ClN10O10S2. The minimum atomic E-state index is -4.21. The maximum Gasteiger partial charge on any atom is 0.322 e. The van der Waals surface area contributed by atoms with Gasteiger partial charge in [-0.2, -0.15) is 21.8 Å². The molecule has 0 saturated heterocycles. The lowest BCUT2D eigenvalue weighted by Crippen LogP contribution is -2.23. The third-order valence-corrected chi connectivity index (χ3v) is 12.7. The molecule has 0 atom stereocenters. The summed E-state index contributed by atoms with van der Waals surface area (Å²) >= 11 is 6.48. The normalized spacial score (nSPS) is 11.2. The van der Waals surface area contributed by atoms with Gasteiger partial charge in [0.15, 0.2) is 51.4 Å². The van der Waals surface area contributed by atoms with Crippen molar-refractivity contribution in [1.29, 1.82) is 0 Å². The standard InChI is InChI=1S/C27H29N5O6S.C25H24ClN5O4S/c1-18(2)19-8-10-21(11-9-19)31-39(34,35)32-26-24(38-23-7-5-4-6-22(23)36-3)27(37-17-16-33)30-25(29-26)20-12-14-28-15-13-20;1-16(2)17-8-10-19(11-9-17)30-36(32,33)31-25-22(35-21-7-5-4-6-20(21)34-3)23(26)28-24(29-25)18-12-14-27-15-13-18/h4-15,18,31,33H,16-17H2,1-3H3,(H,29,30,32);4-16,30H,1-3H3,(H,28,29,31). The highest BCUT2D eigenvalue weighted by Crippen LogP contribution is 2.42. The van der Waals surface area contributed by atoms with Gasteiger partial charge in [-0.1, -0.05) is 87.8 Å². The Morgan fingerprint density at radius 3 is 1.33 bits per heavy atom. The van der Waals surface area contributed by atoms with E-state index in [9.17, 15) is 21.9 Å². The Hall–Kier alpha value is -8.31. The number of nitrogens with one attached hydrogen (secondary N) is 4. The molecule has 0 aliphatic heterocycles. The number of pyridine rings is 2. The predicted molar refractivity (Wildman–Crippen MR) is 288 cm³/mol. The molecule has 8 rings (SSSR count). The van der Waals surface area contributed by atoms with Gasteiger partial charge in [0.1, 0.15) is 6.61 Å². The first-order valence-corrected chi connectivity index (χ1v) is 26.4. The molecule has 390 valence electrons. The maximum absolute atomic E-state index is 13.2. The van der Waals surface area contributed by atoms with Crippen LogP contribution in [0.25, 0.3) is 22.8 Å². The number of benzene rings is 4. The zero-order valence-corrected chi connectivity index (χ0v) is 43.8. The molecule has 4 aromatic heterocycles. The third kappa shape index (κ3) is 14.9. The number of hydrogen-bond donors (Lipinski definition) is 5. The Labute approximate surface area is 439 Å². The molecule has 0 aliphatic rings. The first kappa shape index (κ1) is 54.5. The highest BCUT2D eigenvalue weighted by Gasteiger charge is 2.26. The number of aromatic nitrogens is 6. The smallest absolute Gasteiger partial charge is 0.322 e. The fraction of sp³-hybridized carbons (Fsp3) is 0.192. The van der Waals surface area contributed by atoms with E-state index in [1.54, 1.807) is 122 Å². The Morgan fingerprint density at radius 2 is 0.920 bits per heavy atom. The zero-order valence-electron chi connectivity index (χ0n) is 41.4. The van der Waals surface area contributed by atoms with Gasteiger partial charge in [0.2, 0.25) is 11.5 Å². The van der Waals surface area contributed by atoms with Crippen molar-refractivity contribution < 1.29 is 45.6 Å². The number of halogens is 1. The van der Waals surface area contributed by atoms with Crippen molar-refractivity contribution in [3.05, 3.63) is 162 Å². The summed E-state index contributed by atoms with van der Waals surface area (Å²) in [6.07, 6.45) is 6.24. The van der Waals surface area contributed by atoms with Crippen LogP contribution in [-0.2, 0) is 20.4 Å². The molecule has 20 nitrogen and oxygen atoms in total. The number of aliphatic hydroxyl groups excluding tert-OH is 1. The van der Waals surface area contributed by atoms with Gasteiger partial charge in [-0.05, 0) is 95.8 Å². The summed E-state index contributed by atoms with van der Waals surface area (Å²) in [5.41, 5.74) is 4.05. The molecule has 0 bridgehead atoms. The lowest BCUT2D eigenvalue weighted by molar-refractivity contribution is 0.192. The van der Waals surface area contributed by atoms with E-state index in [1.165, 1.54) is 14.2 Å². The van der Waals surface area contributed by atoms with Gasteiger partial charge in [-0.15, -0.1) is 0 Å². The van der Waals surface area contributed by atoms with Crippen LogP contribution in [0.3, 0.4) is 0 Å². The number of aliphatic hydroxyl groups is 1. The van der Waals surface area contributed by atoms with E-state index in [1.807, 2.05) is 24.3 Å². The van der Waals surface area contributed by atoms with Crippen molar-refractivity contribution in [2.75, 3.05) is 46.3 Å². The van der Waals surface area contributed by atoms with Crippen LogP contribution >= 0.6 is 11.6 Å². The highest BCUT2D eigenvalue weighted by molar-refractivity contribution is 7.94. The van der Waals surface area contributed by atoms with Crippen molar-refractivity contribution in [2.24, 2.45) is 0 Å². The third-order valence-electron chi connectivity index (χ3n) is 10.5. The highest BCUT2D eigenvalue weighted by atomic mass is 35.5. The summed E-state index contributed by atoms with van der Waals surface area (Å²) in [6.45, 7) is 7.79. The number of hydrogen-bond acceptors (Lipinski definition) is 16. The molecule has 0 amide bonds. The molecule has 0 aliphatic carbocycles. The number of para-hydroxylation sites is 4. The van der Waals surface area contributed by atoms with Crippen LogP contribution in [0.1, 0.15) is 50.7 Å². The number of nitrogens with zero attached hydrogens (tertiary/aromatic N) is 6. The van der Waals surface area contributed by atoms with E-state index < -0.39 is 20.4 Å². The summed E-state index contributed by atoms with van der Waals surface area (Å²) in [5, 5.41) is 9.30. The molecule has 8 aromatic rings. The summed E-state index contributed by atoms with van der Waals surface area (Å²) in [5.74, 6) is 1.70. The van der Waals surface area contributed by atoms with E-state index in [4.69, 9.17) is 35.3 Å². The molecule has 4 aromatic carbocycles.